The molecule has 2 aromatic carbocycles. The van der Waals surface area contributed by atoms with Crippen molar-refractivity contribution in [2.45, 2.75) is 22.0 Å². The highest BCUT2D eigenvalue weighted by molar-refractivity contribution is 7.92. The van der Waals surface area contributed by atoms with Gasteiger partial charge in [-0.25, -0.2) is 21.6 Å². The maximum absolute atomic E-state index is 13.2. The topological polar surface area (TPSA) is 89.5 Å². The number of thiophene rings is 1. The van der Waals surface area contributed by atoms with Crippen LogP contribution < -0.4 is 9.46 Å². The van der Waals surface area contributed by atoms with Gasteiger partial charge in [0, 0.05) is 16.4 Å². The second-order valence-electron chi connectivity index (χ2n) is 6.49. The van der Waals surface area contributed by atoms with Crippen molar-refractivity contribution in [3.05, 3.63) is 75.4 Å². The zero-order valence-corrected chi connectivity index (χ0v) is 19.4. The van der Waals surface area contributed by atoms with Crippen LogP contribution in [-0.2, 0) is 19.9 Å². The predicted octanol–water partition coefficient (Wildman–Crippen LogP) is 4.21. The minimum atomic E-state index is -3.93. The number of sulfonamides is 1. The summed E-state index contributed by atoms with van der Waals surface area (Å²) >= 11 is 7.12. The van der Waals surface area contributed by atoms with E-state index in [2.05, 4.69) is 4.72 Å². The fraction of sp³-hybridized carbons (Fsp3) is 0.200. The number of hydrogen-bond donors (Lipinski definition) is 1. The van der Waals surface area contributed by atoms with Crippen LogP contribution in [0.3, 0.4) is 0 Å². The molecule has 1 N–H and O–H groups in total. The third-order valence-corrected chi connectivity index (χ3v) is 9.42. The molecule has 0 radical (unpaired) electrons. The van der Waals surface area contributed by atoms with E-state index in [4.69, 9.17) is 16.3 Å². The van der Waals surface area contributed by atoms with Crippen LogP contribution in [0.2, 0.25) is 5.02 Å². The first-order chi connectivity index (χ1) is 14.1. The number of benzene rings is 2. The maximum Gasteiger partial charge on any atom is 0.240 e. The molecule has 1 heterocycles. The lowest BCUT2D eigenvalue weighted by Crippen LogP contribution is -2.31. The van der Waals surface area contributed by atoms with Gasteiger partial charge >= 0.3 is 0 Å². The first-order valence-corrected chi connectivity index (χ1v) is 13.1. The second kappa shape index (κ2) is 9.07. The average molecular weight is 486 g/mol. The molecule has 160 valence electrons. The summed E-state index contributed by atoms with van der Waals surface area (Å²) in [5.74, 6) is 0.565. The smallest absolute Gasteiger partial charge is 0.240 e. The number of ether oxygens (including phenoxy) is 1. The fourth-order valence-electron chi connectivity index (χ4n) is 2.91. The summed E-state index contributed by atoms with van der Waals surface area (Å²) < 4.78 is 59.7. The first kappa shape index (κ1) is 22.8. The molecule has 0 bridgehead atoms. The Hall–Kier alpha value is -1.91. The standard InChI is InChI=1S/C20H20ClNO5S3/c1-14-12-17(9-10-18(14)27-2)30(25,26)22-13-20(19-4-3-11-28-19)29(23,24)16-7-5-15(21)6-8-16/h3-12,20,22H,13H2,1-2H3. The minimum absolute atomic E-state index is 0.0367. The van der Waals surface area contributed by atoms with E-state index < -0.39 is 25.1 Å². The molecule has 1 unspecified atom stereocenters. The monoisotopic (exact) mass is 485 g/mol. The molecule has 0 saturated carbocycles. The van der Waals surface area contributed by atoms with Crippen LogP contribution in [0.15, 0.2) is 69.8 Å². The van der Waals surface area contributed by atoms with Gasteiger partial charge in [0.25, 0.3) is 0 Å². The summed E-state index contributed by atoms with van der Waals surface area (Å²) in [6, 6.07) is 13.7. The number of methoxy groups -OCH3 is 1. The minimum Gasteiger partial charge on any atom is -0.496 e. The highest BCUT2D eigenvalue weighted by Gasteiger charge is 2.31. The Labute approximate surface area is 185 Å². The highest BCUT2D eigenvalue weighted by Crippen LogP contribution is 2.32. The van der Waals surface area contributed by atoms with E-state index in [0.29, 0.717) is 21.2 Å². The van der Waals surface area contributed by atoms with Crippen LogP contribution in [0.5, 0.6) is 5.75 Å². The predicted molar refractivity (Wildman–Crippen MR) is 119 cm³/mol. The molecule has 3 rings (SSSR count). The van der Waals surface area contributed by atoms with E-state index >= 15 is 0 Å². The molecule has 3 aromatic rings. The number of sulfone groups is 1. The van der Waals surface area contributed by atoms with Gasteiger partial charge in [-0.05, 0) is 66.4 Å². The number of hydrogen-bond acceptors (Lipinski definition) is 6. The van der Waals surface area contributed by atoms with Gasteiger partial charge in [0.15, 0.2) is 9.84 Å². The van der Waals surface area contributed by atoms with E-state index in [1.54, 1.807) is 30.5 Å². The van der Waals surface area contributed by atoms with E-state index in [1.165, 1.54) is 54.8 Å². The molecule has 0 spiro atoms. The second-order valence-corrected chi connectivity index (χ2v) is 11.8. The number of halogens is 1. The summed E-state index contributed by atoms with van der Waals surface area (Å²) in [5.41, 5.74) is 0.656. The van der Waals surface area contributed by atoms with Crippen LogP contribution >= 0.6 is 22.9 Å². The Morgan fingerprint density at radius 2 is 1.70 bits per heavy atom. The van der Waals surface area contributed by atoms with Crippen LogP contribution in [0.4, 0.5) is 0 Å². The summed E-state index contributed by atoms with van der Waals surface area (Å²) in [5, 5.41) is 1.09. The maximum atomic E-state index is 13.2. The van der Waals surface area contributed by atoms with E-state index in [9.17, 15) is 16.8 Å². The summed E-state index contributed by atoms with van der Waals surface area (Å²) in [6.07, 6.45) is 0. The lowest BCUT2D eigenvalue weighted by Gasteiger charge is -2.18. The van der Waals surface area contributed by atoms with Crippen molar-refractivity contribution in [2.75, 3.05) is 13.7 Å². The van der Waals surface area contributed by atoms with Crippen LogP contribution in [0.25, 0.3) is 0 Å². The van der Waals surface area contributed by atoms with Crippen molar-refractivity contribution in [1.82, 2.24) is 4.72 Å². The molecule has 1 aromatic heterocycles. The first-order valence-electron chi connectivity index (χ1n) is 8.82. The number of aryl methyl sites for hydroxylation is 1. The fourth-order valence-corrected chi connectivity index (χ4v) is 7.06. The molecule has 0 aliphatic heterocycles. The van der Waals surface area contributed by atoms with Gasteiger partial charge in [0.05, 0.1) is 16.9 Å². The molecule has 10 heteroatoms. The lowest BCUT2D eigenvalue weighted by atomic mass is 10.2. The molecule has 6 nitrogen and oxygen atoms in total. The zero-order valence-electron chi connectivity index (χ0n) is 16.2. The van der Waals surface area contributed by atoms with Crippen molar-refractivity contribution in [1.29, 1.82) is 0 Å². The Kier molecular flexibility index (Phi) is 6.88. The molecule has 30 heavy (non-hydrogen) atoms. The molecule has 0 amide bonds. The van der Waals surface area contributed by atoms with Gasteiger partial charge in [-0.3, -0.25) is 0 Å². The van der Waals surface area contributed by atoms with Gasteiger partial charge in [-0.2, -0.15) is 0 Å². The van der Waals surface area contributed by atoms with Crippen molar-refractivity contribution < 1.29 is 21.6 Å². The van der Waals surface area contributed by atoms with Crippen molar-refractivity contribution >= 4 is 42.8 Å². The third kappa shape index (κ3) is 4.87. The number of nitrogens with one attached hydrogen (secondary N) is 1. The summed E-state index contributed by atoms with van der Waals surface area (Å²) in [4.78, 5) is 0.651. The normalized spacial score (nSPS) is 13.2. The van der Waals surface area contributed by atoms with Crippen LogP contribution in [0, 0.1) is 6.92 Å². The molecule has 0 saturated heterocycles. The van der Waals surface area contributed by atoms with Gasteiger partial charge in [-0.1, -0.05) is 17.7 Å². The molecule has 1 atom stereocenters. The van der Waals surface area contributed by atoms with Gasteiger partial charge in [-0.15, -0.1) is 11.3 Å². The molecule has 0 aliphatic rings. The van der Waals surface area contributed by atoms with Crippen molar-refractivity contribution in [3.8, 4) is 5.75 Å². The lowest BCUT2D eigenvalue weighted by molar-refractivity contribution is 0.411. The average Bonchev–Trinajstić information content (AvgIpc) is 3.22. The van der Waals surface area contributed by atoms with E-state index in [0.717, 1.165) is 0 Å². The molecular formula is C20H20ClNO5S3. The Bertz CT molecular complexity index is 1220. The van der Waals surface area contributed by atoms with Crippen molar-refractivity contribution in [2.24, 2.45) is 0 Å². The van der Waals surface area contributed by atoms with E-state index in [-0.39, 0.29) is 16.3 Å². The Morgan fingerprint density at radius 3 is 2.27 bits per heavy atom. The Balaban J connectivity index is 1.91. The third-order valence-electron chi connectivity index (χ3n) is 4.51. The Morgan fingerprint density at radius 1 is 1.03 bits per heavy atom. The van der Waals surface area contributed by atoms with Gasteiger partial charge in [0.2, 0.25) is 10.0 Å². The SMILES string of the molecule is COc1ccc(S(=O)(=O)NCC(c2cccs2)S(=O)(=O)c2ccc(Cl)cc2)cc1C. The van der Waals surface area contributed by atoms with Crippen molar-refractivity contribution in [3.63, 3.8) is 0 Å². The highest BCUT2D eigenvalue weighted by atomic mass is 35.5. The summed E-state index contributed by atoms with van der Waals surface area (Å²) in [7, 11) is -6.29. The summed E-state index contributed by atoms with van der Waals surface area (Å²) in [6.45, 7) is 1.43. The van der Waals surface area contributed by atoms with Crippen LogP contribution in [-0.4, -0.2) is 30.5 Å². The number of rotatable bonds is 8. The van der Waals surface area contributed by atoms with Gasteiger partial charge < -0.3 is 4.74 Å². The molecular weight excluding hydrogens is 466 g/mol. The van der Waals surface area contributed by atoms with E-state index in [1.807, 2.05) is 0 Å². The quantitative estimate of drug-likeness (QED) is 0.516. The van der Waals surface area contributed by atoms with Crippen LogP contribution in [0.1, 0.15) is 15.7 Å². The molecule has 0 aliphatic carbocycles. The largest absolute Gasteiger partial charge is 0.496 e. The zero-order chi connectivity index (χ0) is 21.9. The van der Waals surface area contributed by atoms with Gasteiger partial charge in [0.1, 0.15) is 11.0 Å². The molecule has 0 fully saturated rings.